The molecule has 0 saturated heterocycles. The average Bonchev–Trinajstić information content (AvgIpc) is 2.61. The Bertz CT molecular complexity index is 682. The fraction of sp³-hybridized carbons (Fsp3) is 0.400. The van der Waals surface area contributed by atoms with Crippen LogP contribution >= 0.6 is 0 Å². The van der Waals surface area contributed by atoms with Crippen molar-refractivity contribution in [2.45, 2.75) is 12.3 Å². The molecule has 18 heavy (non-hydrogen) atoms. The second-order valence-corrected chi connectivity index (χ2v) is 4.13. The summed E-state index contributed by atoms with van der Waals surface area (Å²) < 4.78 is 2.04. The van der Waals surface area contributed by atoms with Crippen molar-refractivity contribution in [1.82, 2.24) is 9.13 Å². The van der Waals surface area contributed by atoms with E-state index in [-0.39, 0.29) is 17.3 Å². The van der Waals surface area contributed by atoms with Crippen molar-refractivity contribution in [3.8, 4) is 0 Å². The van der Waals surface area contributed by atoms with Crippen LogP contribution < -0.4 is 16.2 Å². The van der Waals surface area contributed by atoms with Crippen molar-refractivity contribution >= 4 is 17.7 Å². The molecule has 1 atom stereocenters. The molecule has 2 rings (SSSR count). The van der Waals surface area contributed by atoms with Gasteiger partial charge in [-0.2, -0.15) is 4.57 Å². The van der Waals surface area contributed by atoms with Gasteiger partial charge in [0.15, 0.2) is 0 Å². The van der Waals surface area contributed by atoms with Crippen molar-refractivity contribution in [1.29, 1.82) is 0 Å². The van der Waals surface area contributed by atoms with Crippen LogP contribution in [0, 0.1) is 0 Å². The highest BCUT2D eigenvalue weighted by Gasteiger charge is 2.39. The standard InChI is InChI=1S/C10H11N3O5/c1-12-7-6(9(17)13(2)10(12)18)4(3-5(14)15)8(16)11-7/h4H,3H2,1-2H3,(H,11,16)(H,14,15)/p+1. The number of carbonyl (C=O) groups is 1. The molecular formula is C10H12N3O5+. The van der Waals surface area contributed by atoms with E-state index in [1.807, 2.05) is 0 Å². The molecule has 8 heteroatoms. The smallest absolute Gasteiger partial charge is 0.417 e. The van der Waals surface area contributed by atoms with Crippen LogP contribution in [0.4, 0.5) is 5.82 Å². The number of hydrogen-bond donors (Lipinski definition) is 3. The summed E-state index contributed by atoms with van der Waals surface area (Å²) in [5.41, 5.74) is -1.05. The van der Waals surface area contributed by atoms with E-state index < -0.39 is 29.6 Å². The minimum atomic E-state index is -1.14. The number of aliphatic hydroxyl groups excluding tert-OH is 1. The Morgan fingerprint density at radius 3 is 2.50 bits per heavy atom. The third kappa shape index (κ3) is 1.53. The number of fused-ring (bicyclic) bond motifs is 1. The highest BCUT2D eigenvalue weighted by atomic mass is 16.4. The molecule has 96 valence electrons. The van der Waals surface area contributed by atoms with Crippen molar-refractivity contribution < 1.29 is 20.0 Å². The molecule has 0 amide bonds. The first-order chi connectivity index (χ1) is 8.34. The summed E-state index contributed by atoms with van der Waals surface area (Å²) in [6.45, 7) is 0. The molecule has 0 bridgehead atoms. The Hall–Kier alpha value is -2.38. The summed E-state index contributed by atoms with van der Waals surface area (Å²) in [6, 6.07) is 0. The van der Waals surface area contributed by atoms with Gasteiger partial charge in [-0.15, -0.1) is 0 Å². The lowest BCUT2D eigenvalue weighted by Crippen LogP contribution is -2.67. The van der Waals surface area contributed by atoms with E-state index in [9.17, 15) is 19.5 Å². The Morgan fingerprint density at radius 1 is 1.33 bits per heavy atom. The Balaban J connectivity index is 2.75. The number of aromatic nitrogens is 2. The summed E-state index contributed by atoms with van der Waals surface area (Å²) in [7, 11) is 2.74. The summed E-state index contributed by atoms with van der Waals surface area (Å²) in [4.78, 5) is 36.8. The topological polar surface area (TPSA) is 116 Å². The third-order valence-corrected chi connectivity index (χ3v) is 3.00. The fourth-order valence-electron chi connectivity index (χ4n) is 2.05. The number of aliphatic hydroxyl groups is 1. The lowest BCUT2D eigenvalue weighted by molar-refractivity contribution is -0.370. The molecule has 1 unspecified atom stereocenters. The predicted octanol–water partition coefficient (Wildman–Crippen LogP) is -2.68. The lowest BCUT2D eigenvalue weighted by Gasteiger charge is -2.06. The number of hydrogen-bond acceptors (Lipinski definition) is 3. The third-order valence-electron chi connectivity index (χ3n) is 3.00. The van der Waals surface area contributed by atoms with E-state index in [1.54, 1.807) is 0 Å². The molecule has 0 fully saturated rings. The van der Waals surface area contributed by atoms with E-state index in [0.29, 0.717) is 0 Å². The normalized spacial score (nSPS) is 17.4. The Morgan fingerprint density at radius 2 is 1.94 bits per heavy atom. The summed E-state index contributed by atoms with van der Waals surface area (Å²) in [6.07, 6.45) is -0.417. The molecule has 2 heterocycles. The molecule has 0 spiro atoms. The van der Waals surface area contributed by atoms with Gasteiger partial charge >= 0.3 is 11.7 Å². The van der Waals surface area contributed by atoms with Gasteiger partial charge in [-0.3, -0.25) is 9.59 Å². The van der Waals surface area contributed by atoms with Crippen molar-refractivity contribution in [3.63, 3.8) is 0 Å². The van der Waals surface area contributed by atoms with E-state index >= 15 is 0 Å². The maximum absolute atomic E-state index is 12.0. The second kappa shape index (κ2) is 3.83. The van der Waals surface area contributed by atoms with Crippen LogP contribution in [-0.4, -0.2) is 31.2 Å². The second-order valence-electron chi connectivity index (χ2n) is 4.13. The van der Waals surface area contributed by atoms with Crippen LogP contribution in [0.2, 0.25) is 0 Å². The van der Waals surface area contributed by atoms with Gasteiger partial charge in [0.05, 0.1) is 13.5 Å². The Kier molecular flexibility index (Phi) is 2.57. The molecule has 8 nitrogen and oxygen atoms in total. The van der Waals surface area contributed by atoms with Crippen molar-refractivity contribution in [2.75, 3.05) is 0 Å². The zero-order chi connectivity index (χ0) is 13.6. The van der Waals surface area contributed by atoms with Gasteiger partial charge in [-0.05, 0) is 0 Å². The highest BCUT2D eigenvalue weighted by Crippen LogP contribution is 2.23. The van der Waals surface area contributed by atoms with Crippen LogP contribution in [0.25, 0.3) is 0 Å². The molecule has 0 aromatic carbocycles. The molecule has 3 N–H and O–H groups in total. The number of carboxylic acid groups (broad SMARTS) is 1. The van der Waals surface area contributed by atoms with Gasteiger partial charge in [0.2, 0.25) is 0 Å². The monoisotopic (exact) mass is 254 g/mol. The highest BCUT2D eigenvalue weighted by molar-refractivity contribution is 5.86. The van der Waals surface area contributed by atoms with Crippen LogP contribution in [0.3, 0.4) is 0 Å². The molecule has 1 aliphatic heterocycles. The first kappa shape index (κ1) is 12.1. The zero-order valence-electron chi connectivity index (χ0n) is 9.80. The van der Waals surface area contributed by atoms with Crippen molar-refractivity contribution in [2.24, 2.45) is 14.1 Å². The first-order valence-corrected chi connectivity index (χ1v) is 5.19. The lowest BCUT2D eigenvalue weighted by atomic mass is 9.99. The molecule has 0 aliphatic carbocycles. The maximum atomic E-state index is 12.0. The number of aliphatic carboxylic acids is 1. The average molecular weight is 254 g/mol. The van der Waals surface area contributed by atoms with E-state index in [2.05, 4.69) is 4.99 Å². The quantitative estimate of drug-likeness (QED) is 0.532. The van der Waals surface area contributed by atoms with E-state index in [1.165, 1.54) is 14.1 Å². The molecular weight excluding hydrogens is 242 g/mol. The van der Waals surface area contributed by atoms with Gasteiger partial charge in [0, 0.05) is 7.05 Å². The van der Waals surface area contributed by atoms with Gasteiger partial charge < -0.3 is 10.2 Å². The van der Waals surface area contributed by atoms with Gasteiger partial charge in [0.25, 0.3) is 17.3 Å². The summed E-state index contributed by atoms with van der Waals surface area (Å²) in [5.74, 6) is -2.27. The predicted molar refractivity (Wildman–Crippen MR) is 60.2 cm³/mol. The Labute approximate surface area is 100 Å². The van der Waals surface area contributed by atoms with Crippen LogP contribution in [-0.2, 0) is 18.9 Å². The first-order valence-electron chi connectivity index (χ1n) is 5.19. The van der Waals surface area contributed by atoms with Crippen LogP contribution in [0.5, 0.6) is 0 Å². The molecule has 1 aromatic heterocycles. The number of nitrogens with one attached hydrogen (secondary N) is 1. The van der Waals surface area contributed by atoms with E-state index in [0.717, 1.165) is 9.13 Å². The summed E-state index contributed by atoms with van der Waals surface area (Å²) >= 11 is 0. The van der Waals surface area contributed by atoms with E-state index in [4.69, 9.17) is 5.11 Å². The van der Waals surface area contributed by atoms with Crippen LogP contribution in [0.1, 0.15) is 17.9 Å². The number of rotatable bonds is 2. The zero-order valence-corrected chi connectivity index (χ0v) is 9.80. The SMILES string of the molecule is Cn1c2c(c(=O)n(C)c1=O)C(CC(=O)O)C(O)=[NH+]2. The maximum Gasteiger partial charge on any atom is 0.417 e. The number of nitrogens with zero attached hydrogens (tertiary/aromatic N) is 2. The van der Waals surface area contributed by atoms with Gasteiger partial charge in [-0.25, -0.2) is 14.4 Å². The van der Waals surface area contributed by atoms with Gasteiger partial charge in [0.1, 0.15) is 11.5 Å². The summed E-state index contributed by atoms with van der Waals surface area (Å²) in [5, 5.41) is 18.4. The molecule has 0 saturated carbocycles. The minimum Gasteiger partial charge on any atom is -0.481 e. The van der Waals surface area contributed by atoms with Gasteiger partial charge in [-0.1, -0.05) is 0 Å². The number of carboxylic acids is 1. The minimum absolute atomic E-state index is 0.0968. The van der Waals surface area contributed by atoms with Crippen LogP contribution in [0.15, 0.2) is 9.59 Å². The fourth-order valence-corrected chi connectivity index (χ4v) is 2.05. The van der Waals surface area contributed by atoms with Crippen molar-refractivity contribution in [3.05, 3.63) is 26.4 Å². The largest absolute Gasteiger partial charge is 0.481 e. The molecule has 0 radical (unpaired) electrons. The molecule has 1 aromatic rings. The molecule has 1 aliphatic rings.